The monoisotopic (exact) mass is 471 g/mol. The number of hydrogen-bond donors (Lipinski definition) is 4. The third kappa shape index (κ3) is 4.27. The number of benzene rings is 1. The maximum atomic E-state index is 14.4. The minimum atomic E-state index is -0.736. The molecule has 9 nitrogen and oxygen atoms in total. The van der Waals surface area contributed by atoms with E-state index in [0.29, 0.717) is 42.8 Å². The average Bonchev–Trinajstić information content (AvgIpc) is 3.39. The highest BCUT2D eigenvalue weighted by atomic mass is 19.1. The lowest BCUT2D eigenvalue weighted by Gasteiger charge is -2.29. The number of halogens is 2. The summed E-state index contributed by atoms with van der Waals surface area (Å²) in [7, 11) is 0. The van der Waals surface area contributed by atoms with Crippen LogP contribution in [0.5, 0.6) is 0 Å². The van der Waals surface area contributed by atoms with Gasteiger partial charge in [0, 0.05) is 12.0 Å². The molecule has 0 aliphatic heterocycles. The molecule has 2 aromatic heterocycles. The Hall–Kier alpha value is -3.34. The molecule has 2 heterocycles. The van der Waals surface area contributed by atoms with E-state index in [1.807, 2.05) is 4.57 Å². The SMILES string of the molecule is NC(=O)[C@H]1CC[C@@H](n2c(Nc3c(F)cccc3F)nc3cnc(N[C@@H]4CCC[C@H]4O)nc32)CC1. The largest absolute Gasteiger partial charge is 0.391 e. The van der Waals surface area contributed by atoms with E-state index < -0.39 is 17.7 Å². The number of nitrogens with two attached hydrogens (primary N) is 1. The Bertz CT molecular complexity index is 1190. The van der Waals surface area contributed by atoms with Gasteiger partial charge in [-0.15, -0.1) is 0 Å². The summed E-state index contributed by atoms with van der Waals surface area (Å²) in [4.78, 5) is 25.2. The van der Waals surface area contributed by atoms with Crippen LogP contribution in [0.4, 0.5) is 26.4 Å². The summed E-state index contributed by atoms with van der Waals surface area (Å²) in [6, 6.07) is 3.41. The van der Waals surface area contributed by atoms with Crippen molar-refractivity contribution in [3.05, 3.63) is 36.0 Å². The highest BCUT2D eigenvalue weighted by Crippen LogP contribution is 2.37. The first-order valence-electron chi connectivity index (χ1n) is 11.6. The van der Waals surface area contributed by atoms with Gasteiger partial charge in [-0.1, -0.05) is 6.07 Å². The Labute approximate surface area is 194 Å². The molecule has 5 N–H and O–H groups in total. The number of primary amides is 1. The van der Waals surface area contributed by atoms with E-state index in [9.17, 15) is 18.7 Å². The number of aliphatic hydroxyl groups is 1. The molecule has 1 aromatic carbocycles. The molecule has 34 heavy (non-hydrogen) atoms. The van der Waals surface area contributed by atoms with Crippen molar-refractivity contribution >= 4 is 34.7 Å². The van der Waals surface area contributed by atoms with Gasteiger partial charge in [0.15, 0.2) is 5.65 Å². The number of amides is 1. The van der Waals surface area contributed by atoms with Gasteiger partial charge in [0.05, 0.1) is 18.3 Å². The van der Waals surface area contributed by atoms with Crippen molar-refractivity contribution in [3.63, 3.8) is 0 Å². The summed E-state index contributed by atoms with van der Waals surface area (Å²) >= 11 is 0. The molecule has 0 saturated heterocycles. The molecule has 2 fully saturated rings. The molecule has 2 aliphatic carbocycles. The van der Waals surface area contributed by atoms with Crippen molar-refractivity contribution in [1.82, 2.24) is 19.5 Å². The van der Waals surface area contributed by atoms with Crippen LogP contribution in [-0.4, -0.2) is 42.7 Å². The Morgan fingerprint density at radius 3 is 2.47 bits per heavy atom. The minimum Gasteiger partial charge on any atom is -0.391 e. The number of carbonyl (C=O) groups excluding carboxylic acids is 1. The lowest BCUT2D eigenvalue weighted by Crippen LogP contribution is -2.29. The van der Waals surface area contributed by atoms with Crippen molar-refractivity contribution < 1.29 is 18.7 Å². The predicted octanol–water partition coefficient (Wildman–Crippen LogP) is 3.39. The fraction of sp³-hybridized carbons (Fsp3) is 0.478. The smallest absolute Gasteiger partial charge is 0.225 e. The second kappa shape index (κ2) is 9.13. The number of nitrogens with zero attached hydrogens (tertiary/aromatic N) is 4. The van der Waals surface area contributed by atoms with Crippen LogP contribution in [0.2, 0.25) is 0 Å². The second-order valence-corrected chi connectivity index (χ2v) is 9.09. The van der Waals surface area contributed by atoms with Crippen molar-refractivity contribution in [1.29, 1.82) is 0 Å². The average molecular weight is 472 g/mol. The van der Waals surface area contributed by atoms with E-state index >= 15 is 0 Å². The summed E-state index contributed by atoms with van der Waals surface area (Å²) in [5, 5.41) is 16.2. The van der Waals surface area contributed by atoms with E-state index in [-0.39, 0.29) is 35.5 Å². The maximum Gasteiger partial charge on any atom is 0.225 e. The Balaban J connectivity index is 1.53. The number of fused-ring (bicyclic) bond motifs is 1. The van der Waals surface area contributed by atoms with Crippen molar-refractivity contribution in [2.45, 2.75) is 63.1 Å². The van der Waals surface area contributed by atoms with Gasteiger partial charge in [0.1, 0.15) is 22.8 Å². The van der Waals surface area contributed by atoms with Crippen LogP contribution in [0.3, 0.4) is 0 Å². The number of nitrogens with one attached hydrogen (secondary N) is 2. The van der Waals surface area contributed by atoms with E-state index in [0.717, 1.165) is 19.3 Å². The van der Waals surface area contributed by atoms with Crippen molar-refractivity contribution in [2.75, 3.05) is 10.6 Å². The zero-order valence-electron chi connectivity index (χ0n) is 18.5. The Morgan fingerprint density at radius 1 is 1.09 bits per heavy atom. The topological polar surface area (TPSA) is 131 Å². The molecule has 3 aromatic rings. The highest BCUT2D eigenvalue weighted by molar-refractivity contribution is 5.78. The van der Waals surface area contributed by atoms with Gasteiger partial charge in [-0.05, 0) is 57.1 Å². The zero-order chi connectivity index (χ0) is 23.8. The normalized spacial score (nSPS) is 24.9. The Morgan fingerprint density at radius 2 is 1.82 bits per heavy atom. The van der Waals surface area contributed by atoms with Crippen LogP contribution in [0.15, 0.2) is 24.4 Å². The number of hydrogen-bond acceptors (Lipinski definition) is 7. The van der Waals surface area contributed by atoms with Gasteiger partial charge in [0.2, 0.25) is 17.8 Å². The highest BCUT2D eigenvalue weighted by Gasteiger charge is 2.30. The van der Waals surface area contributed by atoms with E-state index in [1.54, 1.807) is 6.20 Å². The van der Waals surface area contributed by atoms with Crippen molar-refractivity contribution in [3.8, 4) is 0 Å². The fourth-order valence-electron chi connectivity index (χ4n) is 5.02. The maximum absolute atomic E-state index is 14.4. The molecular formula is C23H27F2N7O2. The van der Waals surface area contributed by atoms with Crippen LogP contribution >= 0.6 is 0 Å². The summed E-state index contributed by atoms with van der Waals surface area (Å²) < 4.78 is 30.6. The fourth-order valence-corrected chi connectivity index (χ4v) is 5.02. The van der Waals surface area contributed by atoms with E-state index in [1.165, 1.54) is 18.2 Å². The third-order valence-corrected chi connectivity index (χ3v) is 6.89. The first-order valence-corrected chi connectivity index (χ1v) is 11.6. The number of para-hydroxylation sites is 1. The molecule has 0 bridgehead atoms. The summed E-state index contributed by atoms with van der Waals surface area (Å²) in [6.45, 7) is 0. The number of aromatic nitrogens is 4. The van der Waals surface area contributed by atoms with Crippen LogP contribution < -0.4 is 16.4 Å². The van der Waals surface area contributed by atoms with Gasteiger partial charge in [-0.3, -0.25) is 9.36 Å². The molecule has 11 heteroatoms. The summed E-state index contributed by atoms with van der Waals surface area (Å²) in [5.74, 6) is -1.38. The zero-order valence-corrected chi connectivity index (χ0v) is 18.5. The van der Waals surface area contributed by atoms with Crippen molar-refractivity contribution in [2.24, 2.45) is 11.7 Å². The minimum absolute atomic E-state index is 0.0993. The van der Waals surface area contributed by atoms with Crippen LogP contribution in [-0.2, 0) is 4.79 Å². The summed E-state index contributed by atoms with van der Waals surface area (Å²) in [6.07, 6.45) is 6.06. The summed E-state index contributed by atoms with van der Waals surface area (Å²) in [5.41, 5.74) is 6.17. The molecule has 1 amide bonds. The first kappa shape index (κ1) is 22.5. The molecule has 2 atom stereocenters. The third-order valence-electron chi connectivity index (χ3n) is 6.89. The van der Waals surface area contributed by atoms with Gasteiger partial charge >= 0.3 is 0 Å². The number of imidazole rings is 1. The molecule has 2 aliphatic rings. The lowest BCUT2D eigenvalue weighted by molar-refractivity contribution is -0.122. The van der Waals surface area contributed by atoms with Gasteiger partial charge < -0.3 is 21.5 Å². The second-order valence-electron chi connectivity index (χ2n) is 9.09. The number of rotatable bonds is 6. The molecule has 0 spiro atoms. The van der Waals surface area contributed by atoms with Gasteiger partial charge in [-0.25, -0.2) is 18.7 Å². The van der Waals surface area contributed by atoms with Crippen LogP contribution in [0, 0.1) is 17.6 Å². The standard InChI is InChI=1S/C23H27F2N7O2/c24-14-3-1-4-15(25)19(14)30-23-29-17-11-27-22(28-16-5-2-6-18(16)33)31-21(17)32(23)13-9-7-12(8-10-13)20(26)34/h1,3-4,11-13,16,18,33H,2,5-10H2,(H2,26,34)(H,29,30)(H,27,28,31)/t12-,13+,16-,18-/m1/s1. The number of anilines is 3. The quantitative estimate of drug-likeness (QED) is 0.433. The molecule has 0 unspecified atom stereocenters. The lowest BCUT2D eigenvalue weighted by atomic mass is 9.85. The van der Waals surface area contributed by atoms with E-state index in [2.05, 4.69) is 25.6 Å². The van der Waals surface area contributed by atoms with Crippen LogP contribution in [0.25, 0.3) is 11.2 Å². The van der Waals surface area contributed by atoms with Gasteiger partial charge in [0.25, 0.3) is 0 Å². The molecule has 5 rings (SSSR count). The predicted molar refractivity (Wildman–Crippen MR) is 122 cm³/mol. The number of carbonyl (C=O) groups is 1. The molecule has 180 valence electrons. The Kier molecular flexibility index (Phi) is 6.03. The van der Waals surface area contributed by atoms with Crippen LogP contribution in [0.1, 0.15) is 51.0 Å². The van der Waals surface area contributed by atoms with Gasteiger partial charge in [-0.2, -0.15) is 4.98 Å². The number of aliphatic hydroxyl groups excluding tert-OH is 1. The molecular weight excluding hydrogens is 444 g/mol. The molecule has 2 saturated carbocycles. The first-order chi connectivity index (χ1) is 16.4. The van der Waals surface area contributed by atoms with E-state index in [4.69, 9.17) is 5.73 Å². The molecule has 0 radical (unpaired) electrons.